The molecule has 3 aromatic rings. The maximum atomic E-state index is 14.0. The number of piperazine rings is 1. The standard InChI is InChI=1S/C36H42F3N7O3/c1-21-5-4-6-23(20-47)30(21)43-32-27(36(37,38)39)19-40-34(44-32)42-28-8-7-26(15-29(28)49-3)41-33(48)35-16-22-13-24(17-35)31(25(14-22)18-35)46-11-9-45(2)10-12-46/h4-8,15,19-20,22,24-25,31H,9-14,16-18H2,1-3H3,(H,41,48)(H2,40,42,43,44). The fourth-order valence-electron chi connectivity index (χ4n) is 9.07. The van der Waals surface area contributed by atoms with E-state index in [9.17, 15) is 22.8 Å². The van der Waals surface area contributed by atoms with Crippen LogP contribution in [0.3, 0.4) is 0 Å². The van der Waals surface area contributed by atoms with Crippen LogP contribution in [0.2, 0.25) is 0 Å². The van der Waals surface area contributed by atoms with Crippen LogP contribution < -0.4 is 20.7 Å². The lowest BCUT2D eigenvalue weighted by Crippen LogP contribution is -2.63. The number of amides is 1. The molecule has 13 heteroatoms. The number of alkyl halides is 3. The SMILES string of the molecule is COc1cc(NC(=O)C23CC4CC(C2)C(N2CCN(C)CC2)C(C4)C3)ccc1Nc1ncc(C(F)(F)F)c(Nc2c(C)cccc2C=O)n1. The normalized spacial score (nSPS) is 26.7. The lowest BCUT2D eigenvalue weighted by atomic mass is 9.47. The number of likely N-dealkylation sites (N-methyl/N-ethyl adjacent to an activating group) is 1. The molecule has 4 saturated carbocycles. The van der Waals surface area contributed by atoms with Crippen molar-refractivity contribution in [2.45, 2.75) is 51.2 Å². The Balaban J connectivity index is 1.08. The maximum absolute atomic E-state index is 14.0. The second-order valence-corrected chi connectivity index (χ2v) is 14.3. The third kappa shape index (κ3) is 6.45. The van der Waals surface area contributed by atoms with Crippen molar-refractivity contribution in [1.82, 2.24) is 19.8 Å². The highest BCUT2D eigenvalue weighted by atomic mass is 19.4. The fourth-order valence-corrected chi connectivity index (χ4v) is 9.07. The Labute approximate surface area is 283 Å². The number of ether oxygens (including phenoxy) is 1. The number of nitrogens with zero attached hydrogens (tertiary/aromatic N) is 4. The van der Waals surface area contributed by atoms with E-state index in [0.717, 1.165) is 45.4 Å². The number of aldehydes is 1. The molecule has 260 valence electrons. The first kappa shape index (κ1) is 33.3. The molecule has 2 unspecified atom stereocenters. The number of halogens is 3. The molecule has 2 atom stereocenters. The first-order valence-corrected chi connectivity index (χ1v) is 16.9. The van der Waals surface area contributed by atoms with Crippen molar-refractivity contribution in [3.05, 3.63) is 59.3 Å². The third-order valence-electron chi connectivity index (χ3n) is 11.1. The molecular formula is C36H42F3N7O3. The summed E-state index contributed by atoms with van der Waals surface area (Å²) in [6.45, 7) is 6.07. The number of para-hydroxylation sites is 1. The maximum Gasteiger partial charge on any atom is 0.421 e. The zero-order valence-corrected chi connectivity index (χ0v) is 27.9. The van der Waals surface area contributed by atoms with E-state index in [1.54, 1.807) is 37.3 Å². The quantitative estimate of drug-likeness (QED) is 0.219. The molecule has 10 nitrogen and oxygen atoms in total. The smallest absolute Gasteiger partial charge is 0.421 e. The van der Waals surface area contributed by atoms with Gasteiger partial charge in [0.15, 0.2) is 6.29 Å². The number of nitrogens with one attached hydrogen (secondary N) is 3. The van der Waals surface area contributed by atoms with Crippen LogP contribution in [0.5, 0.6) is 5.75 Å². The average Bonchev–Trinajstić information content (AvgIpc) is 3.06. The van der Waals surface area contributed by atoms with Gasteiger partial charge >= 0.3 is 6.18 Å². The molecule has 0 spiro atoms. The number of rotatable bonds is 9. The average molecular weight is 678 g/mol. The van der Waals surface area contributed by atoms with Gasteiger partial charge in [0.2, 0.25) is 11.9 Å². The van der Waals surface area contributed by atoms with Gasteiger partial charge in [0.25, 0.3) is 0 Å². The predicted octanol–water partition coefficient (Wildman–Crippen LogP) is 6.49. The molecule has 5 aliphatic rings. The van der Waals surface area contributed by atoms with Crippen molar-refractivity contribution in [2.24, 2.45) is 23.2 Å². The Hall–Kier alpha value is -4.23. The summed E-state index contributed by atoms with van der Waals surface area (Å²) in [5, 5.41) is 8.84. The molecule has 1 saturated heterocycles. The Bertz CT molecular complexity index is 1730. The highest BCUT2D eigenvalue weighted by molar-refractivity contribution is 5.96. The summed E-state index contributed by atoms with van der Waals surface area (Å²) in [5.74, 6) is 1.47. The predicted molar refractivity (Wildman–Crippen MR) is 181 cm³/mol. The van der Waals surface area contributed by atoms with E-state index in [1.165, 1.54) is 26.0 Å². The molecule has 4 aliphatic carbocycles. The van der Waals surface area contributed by atoms with Gasteiger partial charge in [-0.3, -0.25) is 14.5 Å². The third-order valence-corrected chi connectivity index (χ3v) is 11.1. The molecule has 2 heterocycles. The van der Waals surface area contributed by atoms with E-state index in [2.05, 4.69) is 42.8 Å². The van der Waals surface area contributed by atoms with Crippen LogP contribution >= 0.6 is 0 Å². The monoisotopic (exact) mass is 677 g/mol. The summed E-state index contributed by atoms with van der Waals surface area (Å²) in [4.78, 5) is 38.8. The molecule has 49 heavy (non-hydrogen) atoms. The van der Waals surface area contributed by atoms with Gasteiger partial charge in [-0.1, -0.05) is 12.1 Å². The van der Waals surface area contributed by atoms with E-state index < -0.39 is 17.6 Å². The molecule has 5 fully saturated rings. The highest BCUT2D eigenvalue weighted by Gasteiger charge is 2.59. The van der Waals surface area contributed by atoms with Crippen LogP contribution in [0.25, 0.3) is 0 Å². The van der Waals surface area contributed by atoms with Crippen molar-refractivity contribution in [3.8, 4) is 5.75 Å². The second kappa shape index (κ2) is 12.9. The number of carbonyl (C=O) groups is 2. The molecule has 1 aliphatic heterocycles. The van der Waals surface area contributed by atoms with E-state index in [1.807, 2.05) is 0 Å². The number of carbonyl (C=O) groups excluding carboxylic acids is 2. The zero-order valence-electron chi connectivity index (χ0n) is 27.9. The summed E-state index contributed by atoms with van der Waals surface area (Å²) in [6.07, 6.45) is 1.70. The first-order chi connectivity index (χ1) is 23.5. The van der Waals surface area contributed by atoms with Gasteiger partial charge in [-0.05, 0) is 87.6 Å². The topological polar surface area (TPSA) is 112 Å². The fraction of sp³-hybridized carbons (Fsp3) is 0.500. The number of anilines is 5. The molecule has 8 rings (SSSR count). The Morgan fingerprint density at radius 2 is 1.78 bits per heavy atom. The van der Waals surface area contributed by atoms with Gasteiger partial charge in [0.1, 0.15) is 17.1 Å². The largest absolute Gasteiger partial charge is 0.494 e. The number of aromatic nitrogens is 2. The van der Waals surface area contributed by atoms with Crippen molar-refractivity contribution in [3.63, 3.8) is 0 Å². The van der Waals surface area contributed by atoms with Crippen molar-refractivity contribution >= 4 is 41.0 Å². The number of methoxy groups -OCH3 is 1. The summed E-state index contributed by atoms with van der Waals surface area (Å²) >= 11 is 0. The van der Waals surface area contributed by atoms with Crippen LogP contribution in [0, 0.1) is 30.1 Å². The number of aryl methyl sites for hydroxylation is 1. The molecular weight excluding hydrogens is 635 g/mol. The van der Waals surface area contributed by atoms with Gasteiger partial charge in [-0.15, -0.1) is 0 Å². The van der Waals surface area contributed by atoms with E-state index in [-0.39, 0.29) is 28.5 Å². The lowest BCUT2D eigenvalue weighted by molar-refractivity contribution is -0.152. The van der Waals surface area contributed by atoms with Crippen LogP contribution in [0.1, 0.15) is 53.6 Å². The zero-order chi connectivity index (χ0) is 34.5. The van der Waals surface area contributed by atoms with E-state index in [0.29, 0.717) is 59.0 Å². The number of hydrogen-bond donors (Lipinski definition) is 3. The van der Waals surface area contributed by atoms with Crippen LogP contribution in [0.15, 0.2) is 42.6 Å². The van der Waals surface area contributed by atoms with Gasteiger partial charge in [0.05, 0.1) is 23.9 Å². The van der Waals surface area contributed by atoms with Crippen LogP contribution in [-0.4, -0.2) is 78.3 Å². The van der Waals surface area contributed by atoms with Crippen molar-refractivity contribution < 1.29 is 27.5 Å². The Morgan fingerprint density at radius 1 is 1.04 bits per heavy atom. The van der Waals surface area contributed by atoms with Crippen LogP contribution in [0.4, 0.5) is 42.0 Å². The molecule has 4 bridgehead atoms. The van der Waals surface area contributed by atoms with Gasteiger partial charge in [-0.2, -0.15) is 18.2 Å². The second-order valence-electron chi connectivity index (χ2n) is 14.3. The van der Waals surface area contributed by atoms with Gasteiger partial charge in [-0.25, -0.2) is 4.98 Å². The van der Waals surface area contributed by atoms with Crippen LogP contribution in [-0.2, 0) is 11.0 Å². The Morgan fingerprint density at radius 3 is 2.45 bits per heavy atom. The van der Waals surface area contributed by atoms with E-state index in [4.69, 9.17) is 4.74 Å². The molecule has 0 radical (unpaired) electrons. The minimum Gasteiger partial charge on any atom is -0.494 e. The van der Waals surface area contributed by atoms with Crippen molar-refractivity contribution in [2.75, 3.05) is 56.3 Å². The summed E-state index contributed by atoms with van der Waals surface area (Å²) in [6, 6.07) is 10.5. The minimum atomic E-state index is -4.75. The first-order valence-electron chi connectivity index (χ1n) is 16.9. The molecule has 1 amide bonds. The number of benzene rings is 2. The molecule has 3 N–H and O–H groups in total. The summed E-state index contributed by atoms with van der Waals surface area (Å²) in [7, 11) is 3.66. The molecule has 1 aromatic heterocycles. The number of hydrogen-bond acceptors (Lipinski definition) is 9. The lowest BCUT2D eigenvalue weighted by Gasteiger charge is -2.61. The van der Waals surface area contributed by atoms with Gasteiger partial charge in [0, 0.05) is 55.7 Å². The summed E-state index contributed by atoms with van der Waals surface area (Å²) < 4.78 is 47.5. The van der Waals surface area contributed by atoms with E-state index >= 15 is 0 Å². The van der Waals surface area contributed by atoms with Crippen molar-refractivity contribution in [1.29, 1.82) is 0 Å². The highest BCUT2D eigenvalue weighted by Crippen LogP contribution is 2.61. The minimum absolute atomic E-state index is 0.0548. The Kier molecular flexibility index (Phi) is 8.76. The molecule has 2 aromatic carbocycles. The summed E-state index contributed by atoms with van der Waals surface area (Å²) in [5.41, 5.74) is 0.525. The van der Waals surface area contributed by atoms with Gasteiger partial charge < -0.3 is 25.6 Å².